The fourth-order valence-corrected chi connectivity index (χ4v) is 0.654. The van der Waals surface area contributed by atoms with Crippen molar-refractivity contribution in [3.8, 4) is 0 Å². The molecular formula is C7H5F3FmN-. The van der Waals surface area contributed by atoms with E-state index >= 15 is 0 Å². The molecule has 0 saturated carbocycles. The number of nitrogen functional groups attached to an aromatic ring is 1. The van der Waals surface area contributed by atoms with Crippen LogP contribution < -0.4 is 5.73 Å². The molecular weight excluding hydrogens is 412 g/mol. The molecule has 5 heteroatoms. The van der Waals surface area contributed by atoms with Crippen LogP contribution in [0.5, 0.6) is 0 Å². The molecule has 0 spiro atoms. The van der Waals surface area contributed by atoms with Crippen molar-refractivity contribution < 1.29 is 13.2 Å². The van der Waals surface area contributed by atoms with Crippen molar-refractivity contribution >= 4 is 5.69 Å². The molecule has 0 saturated heterocycles. The Hall–Kier alpha value is -2.19. The fraction of sp³-hybridized carbons (Fsp3) is 0.143. The molecule has 1 rings (SSSR count). The van der Waals surface area contributed by atoms with Gasteiger partial charge in [0.25, 0.3) is 0 Å². The van der Waals surface area contributed by atoms with Crippen molar-refractivity contribution in [2.75, 3.05) is 5.73 Å². The van der Waals surface area contributed by atoms with E-state index in [9.17, 15) is 13.2 Å². The summed E-state index contributed by atoms with van der Waals surface area (Å²) in [4.78, 5) is 0. The third-order valence-corrected chi connectivity index (χ3v) is 1.14. The van der Waals surface area contributed by atoms with Crippen molar-refractivity contribution in [2.24, 2.45) is 0 Å². The molecule has 0 amide bonds. The molecule has 1 nitrogen and oxygen atoms in total. The number of nitrogens with two attached hydrogens (primary N) is 1. The normalized spacial score (nSPS) is 10.6. The van der Waals surface area contributed by atoms with E-state index in [1.807, 2.05) is 0 Å². The molecule has 0 aliphatic carbocycles. The Morgan fingerprint density at radius 3 is 2.17 bits per heavy atom. The Balaban J connectivity index is 0.00000121. The summed E-state index contributed by atoms with van der Waals surface area (Å²) >= 11 is 0. The smallest absolute Gasteiger partial charge is 0.370 e. The standard InChI is InChI=1S/C7H5F3N.Fm/c8-7(9,10)5-2-1-3-6(11)4-5;/h2-4H,11H2;/q-1;. The monoisotopic (exact) mass is 417 g/mol. The van der Waals surface area contributed by atoms with E-state index in [1.54, 1.807) is 0 Å². The zero-order chi connectivity index (χ0) is 8.48. The van der Waals surface area contributed by atoms with Gasteiger partial charge in [0.1, 0.15) is 0 Å². The first kappa shape index (κ1) is 9.81. The van der Waals surface area contributed by atoms with Gasteiger partial charge >= 0.3 is 6.18 Å². The van der Waals surface area contributed by atoms with Gasteiger partial charge in [0.2, 0.25) is 0 Å². The SMILES string of the molecule is Nc1c[c-]cc(C(F)(F)F)c1.[Fm]. The number of rotatable bonds is 0. The number of alkyl halides is 3. The molecule has 1 aromatic carbocycles. The zero-order valence-electron chi connectivity index (χ0n) is 5.73. The van der Waals surface area contributed by atoms with E-state index in [0.717, 1.165) is 12.1 Å². The number of benzene rings is 1. The van der Waals surface area contributed by atoms with Gasteiger partial charge in [0, 0.05) is 0 Å². The van der Waals surface area contributed by atoms with Crippen molar-refractivity contribution in [3.63, 3.8) is 0 Å². The molecule has 0 fully saturated rings. The van der Waals surface area contributed by atoms with E-state index in [0.29, 0.717) is 0 Å². The van der Waals surface area contributed by atoms with E-state index < -0.39 is 11.7 Å². The van der Waals surface area contributed by atoms with Gasteiger partial charge in [0.05, 0.1) is 0 Å². The Labute approximate surface area is 61.6 Å². The number of halogens is 3. The van der Waals surface area contributed by atoms with Gasteiger partial charge in [-0.2, -0.15) is 31.4 Å². The Morgan fingerprint density at radius 2 is 1.83 bits per heavy atom. The van der Waals surface area contributed by atoms with Crippen LogP contribution in [0, 0.1) is 6.07 Å². The first-order chi connectivity index (χ1) is 5.00. The van der Waals surface area contributed by atoms with E-state index in [4.69, 9.17) is 5.73 Å². The summed E-state index contributed by atoms with van der Waals surface area (Å²) in [6.07, 6.45) is -4.33. The van der Waals surface area contributed by atoms with E-state index in [-0.39, 0.29) is 5.69 Å². The molecule has 0 heterocycles. The predicted molar refractivity (Wildman–Crippen MR) is 34.7 cm³/mol. The van der Waals surface area contributed by atoms with Crippen molar-refractivity contribution in [1.82, 2.24) is 0 Å². The number of hydrogen-bond donors (Lipinski definition) is 1. The number of anilines is 1. The van der Waals surface area contributed by atoms with Crippen LogP contribution in [-0.4, -0.2) is 0 Å². The van der Waals surface area contributed by atoms with Gasteiger partial charge < -0.3 is 5.73 Å². The third-order valence-electron chi connectivity index (χ3n) is 1.14. The summed E-state index contributed by atoms with van der Waals surface area (Å²) in [5.74, 6) is 0. The summed E-state index contributed by atoms with van der Waals surface area (Å²) in [6, 6.07) is 5.31. The minimum Gasteiger partial charge on any atom is -0.449 e. The van der Waals surface area contributed by atoms with Crippen LogP contribution in [-0.2, 0) is 6.18 Å². The molecule has 0 aromatic heterocycles. The molecule has 1 aromatic rings. The van der Waals surface area contributed by atoms with Crippen LogP contribution in [0.15, 0.2) is 18.2 Å². The maximum absolute atomic E-state index is 11.9. The first-order valence-electron chi connectivity index (χ1n) is 2.84. The topological polar surface area (TPSA) is 26.0 Å². The number of hydrogen-bond acceptors (Lipinski definition) is 1. The Bertz CT molecular complexity index is 259. The van der Waals surface area contributed by atoms with Gasteiger partial charge in [-0.15, -0.1) is 6.07 Å². The summed E-state index contributed by atoms with van der Waals surface area (Å²) in [7, 11) is 0. The minimum absolute atomic E-state index is 0. The van der Waals surface area contributed by atoms with Crippen LogP contribution in [0.1, 0.15) is 5.56 Å². The predicted octanol–water partition coefficient (Wildman–Crippen LogP) is 2.09. The van der Waals surface area contributed by atoms with E-state index in [2.05, 4.69) is 6.07 Å². The average Bonchev–Trinajstić information content (AvgIpc) is 1.86. The molecule has 72 valence electrons. The van der Waals surface area contributed by atoms with Crippen LogP contribution >= 0.6 is 0 Å². The van der Waals surface area contributed by atoms with Crippen LogP contribution in [0.25, 0.3) is 0 Å². The van der Waals surface area contributed by atoms with Crippen molar-refractivity contribution in [2.45, 2.75) is 6.18 Å². The van der Waals surface area contributed by atoms with Gasteiger partial charge in [-0.3, -0.25) is 0 Å². The van der Waals surface area contributed by atoms with Crippen LogP contribution in [0.4, 0.5) is 18.9 Å². The second-order valence-corrected chi connectivity index (χ2v) is 2.05. The zero-order valence-corrected chi connectivity index (χ0v) is 8.14. The summed E-state index contributed by atoms with van der Waals surface area (Å²) < 4.78 is 35.7. The average molecular weight is 417 g/mol. The second-order valence-electron chi connectivity index (χ2n) is 2.05. The van der Waals surface area contributed by atoms with Crippen LogP contribution in [0.3, 0.4) is 0 Å². The molecule has 0 bridgehead atoms. The molecule has 0 aliphatic heterocycles. The van der Waals surface area contributed by atoms with Gasteiger partial charge in [-0.1, -0.05) is 11.3 Å². The molecule has 0 aliphatic rings. The summed E-state index contributed by atoms with van der Waals surface area (Å²) in [5.41, 5.74) is 4.43. The molecule has 0 unspecified atom stereocenters. The largest absolute Gasteiger partial charge is 0.449 e. The fourth-order valence-electron chi connectivity index (χ4n) is 0.654. The minimum atomic E-state index is -4.33. The van der Waals surface area contributed by atoms with Crippen molar-refractivity contribution in [3.05, 3.63) is 29.8 Å². The van der Waals surface area contributed by atoms with Gasteiger partial charge in [0.15, 0.2) is 0 Å². The maximum Gasteiger partial charge on any atom is 0.370 e. The molecule has 0 atom stereocenters. The first-order valence-corrected chi connectivity index (χ1v) is 2.84. The maximum atomic E-state index is 11.9. The van der Waals surface area contributed by atoms with E-state index in [1.165, 1.54) is 6.07 Å². The van der Waals surface area contributed by atoms with Crippen molar-refractivity contribution in [1.29, 1.82) is 0 Å². The summed E-state index contributed by atoms with van der Waals surface area (Å²) in [5, 5.41) is 0. The van der Waals surface area contributed by atoms with Gasteiger partial charge in [-0.05, 0) is 0 Å². The second kappa shape index (κ2) is 2.82. The third kappa shape index (κ3) is 1.90. The Kier molecular flexibility index (Phi) is 2.30. The molecule has 12 heavy (non-hydrogen) atoms. The molecule has 0 radical (unpaired) electrons. The van der Waals surface area contributed by atoms with Crippen LogP contribution in [0.2, 0.25) is 0 Å². The quantitative estimate of drug-likeness (QED) is 0.508. The Morgan fingerprint density at radius 1 is 1.25 bits per heavy atom. The molecule has 2 N–H and O–H groups in total. The van der Waals surface area contributed by atoms with Gasteiger partial charge in [-0.25, -0.2) is 0 Å². The summed E-state index contributed by atoms with van der Waals surface area (Å²) in [6.45, 7) is 0.